The number of carbonyl (C=O) groups excluding carboxylic acids is 8. The first-order valence-electron chi connectivity index (χ1n) is 39.3. The molecule has 2 aliphatic carbocycles. The Hall–Kier alpha value is -9.88. The van der Waals surface area contributed by atoms with E-state index < -0.39 is 0 Å². The van der Waals surface area contributed by atoms with Crippen LogP contribution in [-0.2, 0) is 43.8 Å². The van der Waals surface area contributed by atoms with E-state index in [-0.39, 0.29) is 76.0 Å². The minimum Gasteiger partial charge on any atom is -0.379 e. The summed E-state index contributed by atoms with van der Waals surface area (Å²) in [4.78, 5) is 105. The summed E-state index contributed by atoms with van der Waals surface area (Å²) >= 11 is 0. The van der Waals surface area contributed by atoms with E-state index in [0.717, 1.165) is 194 Å². The second kappa shape index (κ2) is 37.8. The molecule has 0 bridgehead atoms. The van der Waals surface area contributed by atoms with Gasteiger partial charge in [0.25, 0.3) is 0 Å². The van der Waals surface area contributed by atoms with Crippen molar-refractivity contribution >= 4 is 133 Å². The van der Waals surface area contributed by atoms with Crippen LogP contribution in [0.15, 0.2) is 133 Å². The van der Waals surface area contributed by atoms with Gasteiger partial charge in [-0.3, -0.25) is 43.3 Å². The number of hydrogen-bond donors (Lipinski definition) is 0. The highest BCUT2D eigenvalue weighted by Gasteiger charge is 2.30. The molecule has 0 atom stereocenters. The van der Waals surface area contributed by atoms with Crippen molar-refractivity contribution in [2.45, 2.75) is 182 Å². The van der Waals surface area contributed by atoms with Gasteiger partial charge in [0.2, 0.25) is 0 Å². The lowest BCUT2D eigenvalue weighted by Crippen LogP contribution is -2.38. The maximum absolute atomic E-state index is 12.4. The normalized spacial score (nSPS) is 14.1. The van der Waals surface area contributed by atoms with E-state index >= 15 is 0 Å². The summed E-state index contributed by atoms with van der Waals surface area (Å²) in [5.41, 5.74) is 17.5. The Balaban J connectivity index is 0.000000171. The molecule has 0 N–H and O–H groups in total. The van der Waals surface area contributed by atoms with Crippen molar-refractivity contribution in [1.82, 2.24) is 37.9 Å². The largest absolute Gasteiger partial charge is 0.379 e. The second-order valence-electron chi connectivity index (χ2n) is 30.7. The lowest BCUT2D eigenvalue weighted by Gasteiger charge is -2.27. The summed E-state index contributed by atoms with van der Waals surface area (Å²) in [6.07, 6.45) is 8.64. The van der Waals surface area contributed by atoms with Gasteiger partial charge in [0, 0.05) is 196 Å². The molecule has 0 saturated carbocycles. The third-order valence-electron chi connectivity index (χ3n) is 23.3. The second-order valence-corrected chi connectivity index (χ2v) is 30.7. The monoisotopic (exact) mass is 1530 g/mol. The molecule has 113 heavy (non-hydrogen) atoms. The number of ether oxygens (including phenoxy) is 1. The van der Waals surface area contributed by atoms with Gasteiger partial charge in [-0.15, -0.1) is 0 Å². The molecule has 2 saturated heterocycles. The van der Waals surface area contributed by atoms with Crippen LogP contribution in [0.4, 0.5) is 0 Å². The number of morpholine rings is 1. The van der Waals surface area contributed by atoms with Crippen molar-refractivity contribution in [3.8, 4) is 0 Å². The van der Waals surface area contributed by atoms with Crippen LogP contribution in [0.5, 0.6) is 0 Å². The van der Waals surface area contributed by atoms with Crippen molar-refractivity contribution < 1.29 is 43.1 Å². The fourth-order valence-electron chi connectivity index (χ4n) is 16.7. The van der Waals surface area contributed by atoms with Gasteiger partial charge < -0.3 is 37.7 Å². The van der Waals surface area contributed by atoms with E-state index in [9.17, 15) is 38.4 Å². The molecule has 598 valence electrons. The van der Waals surface area contributed by atoms with Gasteiger partial charge in [-0.25, -0.2) is 0 Å². The van der Waals surface area contributed by atoms with Gasteiger partial charge in [-0.1, -0.05) is 36.6 Å². The van der Waals surface area contributed by atoms with Crippen molar-refractivity contribution in [3.05, 3.63) is 189 Å². The van der Waals surface area contributed by atoms with Crippen LogP contribution in [-0.4, -0.2) is 176 Å². The smallest absolute Gasteiger partial charge is 0.163 e. The van der Waals surface area contributed by atoms with Crippen molar-refractivity contribution in [3.63, 3.8) is 0 Å². The third kappa shape index (κ3) is 18.4. The number of hydrogen-bond acceptors (Lipinski definition) is 13. The summed E-state index contributed by atoms with van der Waals surface area (Å²) in [5.74, 6) is 0.849. The minimum atomic E-state index is 0. The highest BCUT2D eigenvalue weighted by atomic mass is 16.5. The number of Topliss-reactive ketones (excluding diaryl/α,β-unsaturated/α-hetero) is 8. The molecule has 8 aromatic carbocycles. The van der Waals surface area contributed by atoms with Crippen LogP contribution in [0.2, 0.25) is 0 Å². The van der Waals surface area contributed by atoms with Gasteiger partial charge in [0.05, 0.1) is 13.2 Å². The van der Waals surface area contributed by atoms with Crippen LogP contribution in [0.3, 0.4) is 0 Å². The molecule has 4 aliphatic rings. The lowest BCUT2D eigenvalue weighted by molar-refractivity contribution is 0.0366. The highest BCUT2D eigenvalue weighted by Crippen LogP contribution is 2.43. The van der Waals surface area contributed by atoms with Crippen molar-refractivity contribution in [2.75, 3.05) is 86.2 Å². The summed E-state index contributed by atoms with van der Waals surface area (Å²) in [7, 11) is 4.28. The topological polar surface area (TPSA) is 178 Å². The molecule has 0 radical (unpaired) electrons. The zero-order chi connectivity index (χ0) is 77.1. The first-order valence-corrected chi connectivity index (χ1v) is 39.3. The van der Waals surface area contributed by atoms with E-state index in [1.807, 2.05) is 109 Å². The van der Waals surface area contributed by atoms with E-state index in [2.05, 4.69) is 97.0 Å². The van der Waals surface area contributed by atoms with Crippen LogP contribution >= 0.6 is 0 Å². The average Bonchev–Trinajstić information content (AvgIpc) is 1.56. The molecule has 0 unspecified atom stereocenters. The molecule has 6 heterocycles. The average molecular weight is 1530 g/mol. The Morgan fingerprint density at radius 2 is 0.673 bits per heavy atom. The number of aryl methyl sites for hydroxylation is 5. The molecular weight excluding hydrogens is 1410 g/mol. The Morgan fingerprint density at radius 1 is 0.372 bits per heavy atom. The SMILES string of the molecule is C.C.C.C.CC(=O)c1ccc2c(c1)c1cc(C(C)=O)ccc1n2CCCN(C)C(C)C.CC(=O)c1ccc2c(c1)c1cc(C(C)=O)ccc1n2CCCN1CCCC1.CCN(C)CCCn1c2ccc(C(C)=O)cc2c2cc(C(C)=O)ccc21.O=C1CCc2c1ccc1c2c2c3c(ccc2n1CCN1CCOCC1)C(=O)CC3. The molecule has 12 aromatic rings. The lowest BCUT2D eigenvalue weighted by atomic mass is 9.98. The maximum Gasteiger partial charge on any atom is 0.163 e. The van der Waals surface area contributed by atoms with Gasteiger partial charge in [0.15, 0.2) is 46.3 Å². The van der Waals surface area contributed by atoms with Crippen molar-refractivity contribution in [1.29, 1.82) is 0 Å². The number of likely N-dealkylation sites (tertiary alicyclic amines) is 1. The molecular formula is C96H120N8O9. The number of benzene rings is 8. The molecule has 16 rings (SSSR count). The van der Waals surface area contributed by atoms with Gasteiger partial charge in [-0.05, 0) is 298 Å². The minimum absolute atomic E-state index is 0. The maximum atomic E-state index is 12.4. The van der Waals surface area contributed by atoms with Crippen LogP contribution < -0.4 is 0 Å². The predicted octanol–water partition coefficient (Wildman–Crippen LogP) is 20.1. The number of rotatable bonds is 23. The molecule has 2 aliphatic heterocycles. The quantitative estimate of drug-likeness (QED) is 0.0553. The van der Waals surface area contributed by atoms with Gasteiger partial charge in [-0.2, -0.15) is 0 Å². The first kappa shape index (κ1) is 87.1. The molecule has 0 spiro atoms. The Labute approximate surface area is 668 Å². The fraction of sp³-hybridized carbons (Fsp3) is 0.417. The van der Waals surface area contributed by atoms with Crippen LogP contribution in [0.1, 0.15) is 231 Å². The Kier molecular flexibility index (Phi) is 29.2. The van der Waals surface area contributed by atoms with E-state index in [4.69, 9.17) is 4.74 Å². The fourth-order valence-corrected chi connectivity index (χ4v) is 16.7. The van der Waals surface area contributed by atoms with Crippen molar-refractivity contribution in [2.24, 2.45) is 0 Å². The molecule has 17 nitrogen and oxygen atoms in total. The highest BCUT2D eigenvalue weighted by molar-refractivity contribution is 6.20. The number of aromatic nitrogens is 4. The predicted molar refractivity (Wildman–Crippen MR) is 468 cm³/mol. The number of fused-ring (bicyclic) bond motifs is 16. The van der Waals surface area contributed by atoms with Gasteiger partial charge in [0.1, 0.15) is 0 Å². The number of carbonyl (C=O) groups is 8. The molecule has 4 aromatic heterocycles. The van der Waals surface area contributed by atoms with Crippen LogP contribution in [0.25, 0.3) is 87.2 Å². The van der Waals surface area contributed by atoms with E-state index in [0.29, 0.717) is 52.3 Å². The standard InChI is InChI=1S/C24H24N2O3.C23H26N2O2.C23H28N2O2.C22H26N2O2.4CH4/c27-21-7-3-17-15(21)1-5-19-23(17)24-18-4-8-22(28)16(18)2-6-20(24)26(19)10-9-25-11-13-29-14-12-25;1-16(26)18-6-8-22-20(14-18)21-15-19(17(2)27)7-9-23(21)25(22)13-5-12-24-10-3-4-11-24;1-15(2)24(5)11-6-12-25-22-9-7-18(16(3)26)13-20(22)21-14-19(17(4)27)8-10-23(21)25;1-5-23(4)11-6-12-24-21-9-7-17(15(2)25)13-19(21)20-14-18(16(3)26)8-10-22(20)24;;;;/h1-2,5-6H,3-4,7-14H2;6-9,14-15H,3-5,10-13H2,1-2H3;7-10,13-15H,6,11-12H2,1-5H3;7-10,13-14H,5-6,11-12H2,1-4H3;4*1H4. The molecule has 2 fully saturated rings. The Bertz CT molecular complexity index is 5130. The Morgan fingerprint density at radius 3 is 0.991 bits per heavy atom. The zero-order valence-corrected chi connectivity index (χ0v) is 65.5. The van der Waals surface area contributed by atoms with E-state index in [1.54, 1.807) is 41.5 Å². The number of ketones is 8. The molecule has 17 heteroatoms. The summed E-state index contributed by atoms with van der Waals surface area (Å²) in [6, 6.07) is 44.2. The summed E-state index contributed by atoms with van der Waals surface area (Å²) in [5, 5.41) is 8.72. The number of nitrogens with zero attached hydrogens (tertiary/aromatic N) is 8. The zero-order valence-electron chi connectivity index (χ0n) is 65.5. The summed E-state index contributed by atoms with van der Waals surface area (Å²) < 4.78 is 14.9. The van der Waals surface area contributed by atoms with Crippen LogP contribution in [0, 0.1) is 0 Å². The third-order valence-corrected chi connectivity index (χ3v) is 23.3. The first-order chi connectivity index (χ1) is 52.5. The molecule has 0 amide bonds. The summed E-state index contributed by atoms with van der Waals surface area (Å²) in [6.45, 7) is 30.9. The van der Waals surface area contributed by atoms with Gasteiger partial charge >= 0.3 is 0 Å². The van der Waals surface area contributed by atoms with E-state index in [1.165, 1.54) is 58.9 Å².